The Morgan fingerprint density at radius 1 is 1.20 bits per heavy atom. The molecule has 1 aliphatic heterocycles. The fourth-order valence-electron chi connectivity index (χ4n) is 3.38. The van der Waals surface area contributed by atoms with Gasteiger partial charge in [-0.3, -0.25) is 4.79 Å². The Balaban J connectivity index is 2.21. The Morgan fingerprint density at radius 3 is 2.52 bits per heavy atom. The van der Waals surface area contributed by atoms with Gasteiger partial charge >= 0.3 is 5.97 Å². The van der Waals surface area contributed by atoms with Crippen LogP contribution in [0.1, 0.15) is 49.3 Å². The SMILES string of the molecule is CC1(C)CCc2c(O)cc(O)c([C@H](CC(=O)O)c3ccccc3)c2O1. The Kier molecular flexibility index (Phi) is 4.33. The standard InChI is InChI=1S/C20H22O5/c1-20(2)9-8-13-15(21)11-16(22)18(19(13)25-20)14(10-17(23)24)12-6-4-3-5-7-12/h3-7,11,14,21-22H,8-10H2,1-2H3,(H,23,24)/t14-/m1/s1. The number of carbonyl (C=O) groups is 1. The average molecular weight is 342 g/mol. The first-order chi connectivity index (χ1) is 11.8. The van der Waals surface area contributed by atoms with Gasteiger partial charge < -0.3 is 20.1 Å². The van der Waals surface area contributed by atoms with E-state index < -0.39 is 17.5 Å². The first-order valence-electron chi connectivity index (χ1n) is 8.32. The fraction of sp³-hybridized carbons (Fsp3) is 0.350. The molecule has 1 aliphatic rings. The predicted molar refractivity (Wildman–Crippen MR) is 93.3 cm³/mol. The van der Waals surface area contributed by atoms with Gasteiger partial charge in [-0.1, -0.05) is 30.3 Å². The number of carboxylic acid groups (broad SMARTS) is 1. The van der Waals surface area contributed by atoms with Gasteiger partial charge in [0.25, 0.3) is 0 Å². The van der Waals surface area contributed by atoms with Crippen molar-refractivity contribution in [2.75, 3.05) is 0 Å². The molecule has 0 amide bonds. The summed E-state index contributed by atoms with van der Waals surface area (Å²) in [5.74, 6) is -1.30. The molecular weight excluding hydrogens is 320 g/mol. The zero-order valence-electron chi connectivity index (χ0n) is 14.3. The lowest BCUT2D eigenvalue weighted by Crippen LogP contribution is -2.33. The maximum Gasteiger partial charge on any atom is 0.304 e. The summed E-state index contributed by atoms with van der Waals surface area (Å²) in [4.78, 5) is 11.5. The molecule has 1 heterocycles. The third kappa shape index (κ3) is 3.40. The molecule has 25 heavy (non-hydrogen) atoms. The minimum atomic E-state index is -0.967. The highest BCUT2D eigenvalue weighted by molar-refractivity contribution is 5.71. The lowest BCUT2D eigenvalue weighted by atomic mass is 9.83. The molecule has 0 saturated heterocycles. The lowest BCUT2D eigenvalue weighted by molar-refractivity contribution is -0.137. The van der Waals surface area contributed by atoms with Gasteiger partial charge in [-0.25, -0.2) is 0 Å². The van der Waals surface area contributed by atoms with Crippen LogP contribution in [-0.4, -0.2) is 26.9 Å². The van der Waals surface area contributed by atoms with Crippen LogP contribution < -0.4 is 4.74 Å². The molecule has 0 spiro atoms. The number of phenolic OH excluding ortho intramolecular Hbond substituents is 2. The van der Waals surface area contributed by atoms with Crippen LogP contribution in [0.3, 0.4) is 0 Å². The molecule has 5 nitrogen and oxygen atoms in total. The summed E-state index contributed by atoms with van der Waals surface area (Å²) in [5, 5.41) is 30.1. The largest absolute Gasteiger partial charge is 0.507 e. The molecule has 0 aromatic heterocycles. The summed E-state index contributed by atoms with van der Waals surface area (Å²) in [6.07, 6.45) is 1.15. The van der Waals surface area contributed by atoms with E-state index in [9.17, 15) is 20.1 Å². The third-order valence-electron chi connectivity index (χ3n) is 4.66. The molecule has 3 rings (SSSR count). The average Bonchev–Trinajstić information content (AvgIpc) is 2.53. The van der Waals surface area contributed by atoms with Crippen molar-refractivity contribution in [3.05, 3.63) is 53.1 Å². The second kappa shape index (κ2) is 6.31. The van der Waals surface area contributed by atoms with Gasteiger partial charge in [-0.05, 0) is 32.3 Å². The number of phenols is 2. The van der Waals surface area contributed by atoms with Crippen molar-refractivity contribution >= 4 is 5.97 Å². The molecule has 5 heteroatoms. The van der Waals surface area contributed by atoms with Crippen molar-refractivity contribution in [1.82, 2.24) is 0 Å². The monoisotopic (exact) mass is 342 g/mol. The molecule has 0 radical (unpaired) electrons. The van der Waals surface area contributed by atoms with Crippen molar-refractivity contribution in [2.45, 2.75) is 44.6 Å². The molecule has 132 valence electrons. The third-order valence-corrected chi connectivity index (χ3v) is 4.66. The number of fused-ring (bicyclic) bond motifs is 1. The molecule has 0 aliphatic carbocycles. The maximum atomic E-state index is 11.5. The lowest BCUT2D eigenvalue weighted by Gasteiger charge is -2.35. The maximum absolute atomic E-state index is 11.5. The summed E-state index contributed by atoms with van der Waals surface area (Å²) in [7, 11) is 0. The second-order valence-electron chi connectivity index (χ2n) is 7.06. The van der Waals surface area contributed by atoms with Gasteiger partial charge in [-0.2, -0.15) is 0 Å². The number of carboxylic acids is 1. The van der Waals surface area contributed by atoms with Crippen molar-refractivity contribution in [3.63, 3.8) is 0 Å². The minimum absolute atomic E-state index is 0.0195. The van der Waals surface area contributed by atoms with Gasteiger partial charge in [0.2, 0.25) is 0 Å². The summed E-state index contributed by atoms with van der Waals surface area (Å²) in [6.45, 7) is 3.88. The summed E-state index contributed by atoms with van der Waals surface area (Å²) < 4.78 is 6.08. The summed E-state index contributed by atoms with van der Waals surface area (Å²) >= 11 is 0. The smallest absolute Gasteiger partial charge is 0.304 e. The van der Waals surface area contributed by atoms with Crippen LogP contribution >= 0.6 is 0 Å². The second-order valence-corrected chi connectivity index (χ2v) is 7.06. The van der Waals surface area contributed by atoms with E-state index >= 15 is 0 Å². The molecule has 0 fully saturated rings. The van der Waals surface area contributed by atoms with Crippen molar-refractivity contribution in [3.8, 4) is 17.2 Å². The number of aromatic hydroxyl groups is 2. The van der Waals surface area contributed by atoms with E-state index in [0.29, 0.717) is 23.3 Å². The summed E-state index contributed by atoms with van der Waals surface area (Å²) in [5.41, 5.74) is 1.37. The van der Waals surface area contributed by atoms with Crippen molar-refractivity contribution < 1.29 is 24.9 Å². The molecule has 0 unspecified atom stereocenters. The van der Waals surface area contributed by atoms with Crippen LogP contribution in [-0.2, 0) is 11.2 Å². The zero-order valence-corrected chi connectivity index (χ0v) is 14.3. The Morgan fingerprint density at radius 2 is 1.88 bits per heavy atom. The predicted octanol–water partition coefficient (Wildman–Crippen LogP) is 3.81. The molecular formula is C20H22O5. The minimum Gasteiger partial charge on any atom is -0.507 e. The fourth-order valence-corrected chi connectivity index (χ4v) is 3.38. The van der Waals surface area contributed by atoms with E-state index in [1.165, 1.54) is 6.07 Å². The van der Waals surface area contributed by atoms with Crippen LogP contribution in [0.25, 0.3) is 0 Å². The van der Waals surface area contributed by atoms with E-state index in [0.717, 1.165) is 12.0 Å². The highest BCUT2D eigenvalue weighted by Gasteiger charge is 2.35. The van der Waals surface area contributed by atoms with Crippen molar-refractivity contribution in [2.24, 2.45) is 0 Å². The van der Waals surface area contributed by atoms with Crippen LogP contribution in [0, 0.1) is 0 Å². The van der Waals surface area contributed by atoms with Crippen LogP contribution in [0.4, 0.5) is 0 Å². The number of aliphatic carboxylic acids is 1. The molecule has 0 saturated carbocycles. The summed E-state index contributed by atoms with van der Waals surface area (Å²) in [6, 6.07) is 10.5. The Hall–Kier alpha value is -2.69. The number of rotatable bonds is 4. The van der Waals surface area contributed by atoms with Gasteiger partial charge in [0.15, 0.2) is 0 Å². The first kappa shape index (κ1) is 17.1. The molecule has 1 atom stereocenters. The van der Waals surface area contributed by atoms with E-state index in [1.807, 2.05) is 44.2 Å². The van der Waals surface area contributed by atoms with E-state index in [-0.39, 0.29) is 17.9 Å². The van der Waals surface area contributed by atoms with Gasteiger partial charge in [0.05, 0.1) is 6.42 Å². The quantitative estimate of drug-likeness (QED) is 0.786. The highest BCUT2D eigenvalue weighted by Crippen LogP contribution is 2.49. The number of hydrogen-bond donors (Lipinski definition) is 3. The van der Waals surface area contributed by atoms with Crippen LogP contribution in [0.2, 0.25) is 0 Å². The van der Waals surface area contributed by atoms with Crippen molar-refractivity contribution in [1.29, 1.82) is 0 Å². The number of ether oxygens (including phenoxy) is 1. The Labute approximate surface area is 146 Å². The molecule has 3 N–H and O–H groups in total. The topological polar surface area (TPSA) is 87.0 Å². The normalized spacial score (nSPS) is 16.6. The van der Waals surface area contributed by atoms with E-state index in [1.54, 1.807) is 0 Å². The highest BCUT2D eigenvalue weighted by atomic mass is 16.5. The molecule has 2 aromatic carbocycles. The zero-order chi connectivity index (χ0) is 18.2. The van der Waals surface area contributed by atoms with Crippen LogP contribution in [0.5, 0.6) is 17.2 Å². The molecule has 0 bridgehead atoms. The first-order valence-corrected chi connectivity index (χ1v) is 8.32. The number of hydrogen-bond acceptors (Lipinski definition) is 4. The van der Waals surface area contributed by atoms with E-state index in [4.69, 9.17) is 4.74 Å². The van der Waals surface area contributed by atoms with E-state index in [2.05, 4.69) is 0 Å². The number of benzene rings is 2. The Bertz CT molecular complexity index is 795. The van der Waals surface area contributed by atoms with Crippen LogP contribution in [0.15, 0.2) is 36.4 Å². The van der Waals surface area contributed by atoms with Gasteiger partial charge in [0.1, 0.15) is 22.8 Å². The van der Waals surface area contributed by atoms with Gasteiger partial charge in [0, 0.05) is 23.1 Å². The molecule has 2 aromatic rings. The van der Waals surface area contributed by atoms with Gasteiger partial charge in [-0.15, -0.1) is 0 Å².